The summed E-state index contributed by atoms with van der Waals surface area (Å²) in [6.07, 6.45) is 2.41. The van der Waals surface area contributed by atoms with Crippen LogP contribution in [0.2, 0.25) is 0 Å². The molecule has 1 fully saturated rings. The molecule has 1 aliphatic rings. The van der Waals surface area contributed by atoms with E-state index >= 15 is 0 Å². The Kier molecular flexibility index (Phi) is 4.88. The zero-order chi connectivity index (χ0) is 11.3. The number of nitrogens with two attached hydrogens (primary N) is 2. The Morgan fingerprint density at radius 1 is 1.47 bits per heavy atom. The van der Waals surface area contributed by atoms with Crippen molar-refractivity contribution in [1.29, 1.82) is 0 Å². The van der Waals surface area contributed by atoms with Crippen LogP contribution in [0.3, 0.4) is 0 Å². The predicted octanol–water partition coefficient (Wildman–Crippen LogP) is 0.628. The van der Waals surface area contributed by atoms with Crippen LogP contribution in [0.15, 0.2) is 4.99 Å². The summed E-state index contributed by atoms with van der Waals surface area (Å²) >= 11 is 0. The molecule has 1 saturated heterocycles. The molecular formula is C11H24N4. The Hall–Kier alpha value is -0.770. The van der Waals surface area contributed by atoms with E-state index in [1.54, 1.807) is 0 Å². The van der Waals surface area contributed by atoms with Gasteiger partial charge in [-0.1, -0.05) is 13.8 Å². The van der Waals surface area contributed by atoms with E-state index in [0.717, 1.165) is 31.3 Å². The molecule has 1 aliphatic heterocycles. The van der Waals surface area contributed by atoms with E-state index in [4.69, 9.17) is 11.5 Å². The van der Waals surface area contributed by atoms with Crippen molar-refractivity contribution < 1.29 is 0 Å². The van der Waals surface area contributed by atoms with E-state index in [-0.39, 0.29) is 5.96 Å². The van der Waals surface area contributed by atoms with Gasteiger partial charge in [0.1, 0.15) is 0 Å². The molecule has 1 atom stereocenters. The smallest absolute Gasteiger partial charge is 0.185 e. The van der Waals surface area contributed by atoms with Crippen molar-refractivity contribution >= 4 is 5.96 Å². The number of hydrogen-bond donors (Lipinski definition) is 2. The Labute approximate surface area is 92.7 Å². The number of nitrogens with zero attached hydrogens (tertiary/aromatic N) is 2. The third-order valence-corrected chi connectivity index (χ3v) is 3.18. The van der Waals surface area contributed by atoms with Crippen LogP contribution in [0.5, 0.6) is 0 Å². The highest BCUT2D eigenvalue weighted by atomic mass is 15.1. The van der Waals surface area contributed by atoms with Crippen LogP contribution < -0.4 is 11.5 Å². The molecular weight excluding hydrogens is 188 g/mol. The summed E-state index contributed by atoms with van der Waals surface area (Å²) < 4.78 is 0. The Morgan fingerprint density at radius 3 is 2.73 bits per heavy atom. The van der Waals surface area contributed by atoms with Crippen molar-refractivity contribution in [3.63, 3.8) is 0 Å². The second-order valence-electron chi connectivity index (χ2n) is 4.75. The summed E-state index contributed by atoms with van der Waals surface area (Å²) in [7, 11) is 0. The van der Waals surface area contributed by atoms with Gasteiger partial charge in [0.2, 0.25) is 0 Å². The molecule has 1 heterocycles. The van der Waals surface area contributed by atoms with Crippen molar-refractivity contribution in [1.82, 2.24) is 4.90 Å². The van der Waals surface area contributed by atoms with Crippen LogP contribution >= 0.6 is 0 Å². The fraction of sp³-hybridized carbons (Fsp3) is 0.909. The van der Waals surface area contributed by atoms with Gasteiger partial charge in [-0.15, -0.1) is 0 Å². The van der Waals surface area contributed by atoms with Crippen molar-refractivity contribution in [2.45, 2.75) is 26.7 Å². The maximum Gasteiger partial charge on any atom is 0.185 e. The predicted molar refractivity (Wildman–Crippen MR) is 64.7 cm³/mol. The van der Waals surface area contributed by atoms with Gasteiger partial charge in [-0.25, -0.2) is 0 Å². The van der Waals surface area contributed by atoms with Gasteiger partial charge in [0.15, 0.2) is 5.96 Å². The molecule has 0 amide bonds. The minimum Gasteiger partial charge on any atom is -0.370 e. The second kappa shape index (κ2) is 5.95. The molecule has 0 saturated carbocycles. The van der Waals surface area contributed by atoms with E-state index < -0.39 is 0 Å². The summed E-state index contributed by atoms with van der Waals surface area (Å²) in [4.78, 5) is 6.51. The molecule has 0 aliphatic carbocycles. The average Bonchev–Trinajstić information content (AvgIpc) is 2.60. The van der Waals surface area contributed by atoms with Crippen LogP contribution in [0, 0.1) is 11.8 Å². The lowest BCUT2D eigenvalue weighted by molar-refractivity contribution is 0.302. The lowest BCUT2D eigenvalue weighted by Crippen LogP contribution is -2.25. The molecule has 0 spiro atoms. The molecule has 0 aromatic rings. The molecule has 0 aromatic heterocycles. The molecule has 1 rings (SSSR count). The normalized spacial score (nSPS) is 22.2. The zero-order valence-corrected chi connectivity index (χ0v) is 9.95. The van der Waals surface area contributed by atoms with Crippen molar-refractivity contribution in [3.8, 4) is 0 Å². The van der Waals surface area contributed by atoms with Gasteiger partial charge >= 0.3 is 0 Å². The molecule has 0 bridgehead atoms. The number of aliphatic imine (C=N–C) groups is 1. The highest BCUT2D eigenvalue weighted by molar-refractivity contribution is 5.75. The number of likely N-dealkylation sites (tertiary alicyclic amines) is 1. The Bertz CT molecular complexity index is 209. The van der Waals surface area contributed by atoms with Gasteiger partial charge in [0.05, 0.1) is 0 Å². The monoisotopic (exact) mass is 212 g/mol. The standard InChI is InChI=1S/C11H24N4/c1-9(2)10-4-7-15(8-10)6-3-5-14-11(12)13/h9-10H,3-8H2,1-2H3,(H4,12,13,14). The fourth-order valence-corrected chi connectivity index (χ4v) is 2.11. The van der Waals surface area contributed by atoms with Crippen molar-refractivity contribution in [2.24, 2.45) is 28.3 Å². The SMILES string of the molecule is CC(C)C1CCN(CCCN=C(N)N)C1. The first kappa shape index (κ1) is 12.3. The minimum atomic E-state index is 0.205. The molecule has 4 N–H and O–H groups in total. The van der Waals surface area contributed by atoms with Crippen LogP contribution in [-0.2, 0) is 0 Å². The third kappa shape index (κ3) is 4.51. The second-order valence-corrected chi connectivity index (χ2v) is 4.75. The van der Waals surface area contributed by atoms with Gasteiger partial charge in [-0.05, 0) is 37.8 Å². The van der Waals surface area contributed by atoms with E-state index in [2.05, 4.69) is 23.7 Å². The number of guanidine groups is 1. The van der Waals surface area contributed by atoms with Crippen LogP contribution in [-0.4, -0.2) is 37.0 Å². The lowest BCUT2D eigenvalue weighted by Gasteiger charge is -2.17. The maximum absolute atomic E-state index is 5.26. The Balaban J connectivity index is 2.11. The number of rotatable bonds is 5. The molecule has 0 aromatic carbocycles. The highest BCUT2D eigenvalue weighted by Crippen LogP contribution is 2.23. The number of hydrogen-bond acceptors (Lipinski definition) is 2. The lowest BCUT2D eigenvalue weighted by atomic mass is 9.95. The van der Waals surface area contributed by atoms with Gasteiger partial charge in [0.25, 0.3) is 0 Å². The van der Waals surface area contributed by atoms with Gasteiger partial charge in [-0.3, -0.25) is 4.99 Å². The molecule has 15 heavy (non-hydrogen) atoms. The summed E-state index contributed by atoms with van der Waals surface area (Å²) in [5.74, 6) is 1.90. The average molecular weight is 212 g/mol. The van der Waals surface area contributed by atoms with Gasteiger partial charge < -0.3 is 16.4 Å². The first-order valence-electron chi connectivity index (χ1n) is 5.87. The minimum absolute atomic E-state index is 0.205. The first-order valence-corrected chi connectivity index (χ1v) is 5.87. The van der Waals surface area contributed by atoms with Crippen molar-refractivity contribution in [3.05, 3.63) is 0 Å². The molecule has 4 nitrogen and oxygen atoms in total. The maximum atomic E-state index is 5.26. The quantitative estimate of drug-likeness (QED) is 0.399. The topological polar surface area (TPSA) is 67.6 Å². The molecule has 4 heteroatoms. The highest BCUT2D eigenvalue weighted by Gasteiger charge is 2.23. The zero-order valence-electron chi connectivity index (χ0n) is 9.95. The molecule has 1 unspecified atom stereocenters. The van der Waals surface area contributed by atoms with Gasteiger partial charge in [0, 0.05) is 13.1 Å². The van der Waals surface area contributed by atoms with E-state index in [1.165, 1.54) is 19.5 Å². The van der Waals surface area contributed by atoms with Crippen LogP contribution in [0.25, 0.3) is 0 Å². The van der Waals surface area contributed by atoms with Crippen molar-refractivity contribution in [2.75, 3.05) is 26.2 Å². The van der Waals surface area contributed by atoms with E-state index in [1.807, 2.05) is 0 Å². The van der Waals surface area contributed by atoms with Crippen LogP contribution in [0.1, 0.15) is 26.7 Å². The Morgan fingerprint density at radius 2 is 2.20 bits per heavy atom. The van der Waals surface area contributed by atoms with E-state index in [0.29, 0.717) is 0 Å². The summed E-state index contributed by atoms with van der Waals surface area (Å²) in [6, 6.07) is 0. The molecule has 88 valence electrons. The molecule has 0 radical (unpaired) electrons. The van der Waals surface area contributed by atoms with Gasteiger partial charge in [-0.2, -0.15) is 0 Å². The fourth-order valence-electron chi connectivity index (χ4n) is 2.11. The van der Waals surface area contributed by atoms with E-state index in [9.17, 15) is 0 Å². The summed E-state index contributed by atoms with van der Waals surface area (Å²) in [5.41, 5.74) is 10.5. The summed E-state index contributed by atoms with van der Waals surface area (Å²) in [6.45, 7) is 9.00. The van der Waals surface area contributed by atoms with Crippen LogP contribution in [0.4, 0.5) is 0 Å². The first-order chi connectivity index (χ1) is 7.09. The largest absolute Gasteiger partial charge is 0.370 e. The third-order valence-electron chi connectivity index (χ3n) is 3.18. The summed E-state index contributed by atoms with van der Waals surface area (Å²) in [5, 5.41) is 0.